The van der Waals surface area contributed by atoms with Crippen LogP contribution in [0.5, 0.6) is 0 Å². The number of nitrogens with one attached hydrogen (secondary N) is 2. The molecule has 18 heavy (non-hydrogen) atoms. The molecule has 0 spiro atoms. The number of hydrogen-bond acceptors (Lipinski definition) is 5. The maximum absolute atomic E-state index is 11.8. The molecule has 5 nitrogen and oxygen atoms in total. The number of sulfonamides is 1. The van der Waals surface area contributed by atoms with E-state index in [4.69, 9.17) is 4.42 Å². The summed E-state index contributed by atoms with van der Waals surface area (Å²) in [6.45, 7) is 1.00. The van der Waals surface area contributed by atoms with E-state index in [1.807, 2.05) is 6.26 Å². The van der Waals surface area contributed by atoms with Gasteiger partial charge in [0.05, 0.1) is 6.54 Å². The summed E-state index contributed by atoms with van der Waals surface area (Å²) in [4.78, 5) is 0. The summed E-state index contributed by atoms with van der Waals surface area (Å²) in [7, 11) is -3.49. The molecule has 1 heterocycles. The van der Waals surface area contributed by atoms with Crippen LogP contribution in [-0.2, 0) is 16.6 Å². The highest BCUT2D eigenvalue weighted by Crippen LogP contribution is 2.20. The SMILES string of the molecule is CSCCNS(=O)(=O)c1ccc(CNC2CC2)o1. The zero-order valence-electron chi connectivity index (χ0n) is 10.3. The standard InChI is InChI=1S/C11H18N2O3S2/c1-17-7-6-13-18(14,15)11-5-4-10(16-11)8-12-9-2-3-9/h4-5,9,12-13H,2-3,6-8H2,1H3. The van der Waals surface area contributed by atoms with Gasteiger partial charge >= 0.3 is 0 Å². The second-order valence-electron chi connectivity index (χ2n) is 4.27. The first-order valence-electron chi connectivity index (χ1n) is 5.92. The highest BCUT2D eigenvalue weighted by molar-refractivity contribution is 7.98. The fourth-order valence-corrected chi connectivity index (χ4v) is 2.89. The third kappa shape index (κ3) is 4.01. The topological polar surface area (TPSA) is 71.3 Å². The molecule has 2 rings (SSSR count). The average Bonchev–Trinajstić information content (AvgIpc) is 3.03. The minimum Gasteiger partial charge on any atom is -0.447 e. The fraction of sp³-hybridized carbons (Fsp3) is 0.636. The van der Waals surface area contributed by atoms with Crippen LogP contribution in [0.1, 0.15) is 18.6 Å². The van der Waals surface area contributed by atoms with E-state index in [0.29, 0.717) is 24.9 Å². The lowest BCUT2D eigenvalue weighted by Crippen LogP contribution is -2.25. The molecule has 1 aromatic heterocycles. The lowest BCUT2D eigenvalue weighted by molar-refractivity contribution is 0.399. The smallest absolute Gasteiger partial charge is 0.273 e. The summed E-state index contributed by atoms with van der Waals surface area (Å²) < 4.78 is 31.5. The van der Waals surface area contributed by atoms with Gasteiger partial charge in [-0.25, -0.2) is 13.1 Å². The lowest BCUT2D eigenvalue weighted by atomic mass is 10.4. The molecule has 0 atom stereocenters. The van der Waals surface area contributed by atoms with E-state index in [0.717, 1.165) is 5.75 Å². The first-order chi connectivity index (χ1) is 8.62. The van der Waals surface area contributed by atoms with Crippen molar-refractivity contribution in [3.63, 3.8) is 0 Å². The molecule has 1 aliphatic rings. The number of thioether (sulfide) groups is 1. The Morgan fingerprint density at radius 2 is 2.22 bits per heavy atom. The van der Waals surface area contributed by atoms with Gasteiger partial charge in [0.1, 0.15) is 5.76 Å². The van der Waals surface area contributed by atoms with Gasteiger partial charge in [-0.3, -0.25) is 0 Å². The Bertz CT molecular complexity index is 480. The highest BCUT2D eigenvalue weighted by Gasteiger charge is 2.22. The van der Waals surface area contributed by atoms with Crippen LogP contribution in [0.25, 0.3) is 0 Å². The first-order valence-corrected chi connectivity index (χ1v) is 8.80. The van der Waals surface area contributed by atoms with E-state index in [2.05, 4.69) is 10.0 Å². The average molecular weight is 290 g/mol. The van der Waals surface area contributed by atoms with Crippen LogP contribution in [0, 0.1) is 0 Å². The summed E-state index contributed by atoms with van der Waals surface area (Å²) >= 11 is 1.59. The normalized spacial score (nSPS) is 16.1. The number of furan rings is 1. The number of hydrogen-bond donors (Lipinski definition) is 2. The lowest BCUT2D eigenvalue weighted by Gasteiger charge is -2.03. The van der Waals surface area contributed by atoms with Gasteiger partial charge in [0.25, 0.3) is 10.0 Å². The van der Waals surface area contributed by atoms with Crippen molar-refractivity contribution in [1.29, 1.82) is 0 Å². The second-order valence-corrected chi connectivity index (χ2v) is 6.95. The molecular formula is C11H18N2O3S2. The van der Waals surface area contributed by atoms with Crippen LogP contribution < -0.4 is 10.0 Å². The molecule has 1 aliphatic carbocycles. The van der Waals surface area contributed by atoms with Crippen LogP contribution in [0.3, 0.4) is 0 Å². The predicted octanol–water partition coefficient (Wildman–Crippen LogP) is 1.17. The van der Waals surface area contributed by atoms with Crippen molar-refractivity contribution in [2.75, 3.05) is 18.6 Å². The Hall–Kier alpha value is -0.500. The molecule has 1 aromatic rings. The number of rotatable bonds is 8. The third-order valence-corrected chi connectivity index (χ3v) is 4.59. The minimum absolute atomic E-state index is 0.00352. The van der Waals surface area contributed by atoms with Crippen LogP contribution in [0.4, 0.5) is 0 Å². The van der Waals surface area contributed by atoms with Gasteiger partial charge in [0, 0.05) is 18.3 Å². The van der Waals surface area contributed by atoms with Crippen molar-refractivity contribution in [3.05, 3.63) is 17.9 Å². The van der Waals surface area contributed by atoms with Gasteiger partial charge in [0.2, 0.25) is 5.09 Å². The van der Waals surface area contributed by atoms with Gasteiger partial charge in [-0.1, -0.05) is 0 Å². The minimum atomic E-state index is -3.49. The largest absolute Gasteiger partial charge is 0.447 e. The quantitative estimate of drug-likeness (QED) is 0.703. The second kappa shape index (κ2) is 6.10. The van der Waals surface area contributed by atoms with Gasteiger partial charge in [-0.15, -0.1) is 0 Å². The third-order valence-electron chi connectivity index (χ3n) is 2.64. The van der Waals surface area contributed by atoms with E-state index < -0.39 is 10.0 Å². The summed E-state index contributed by atoms with van der Waals surface area (Å²) in [6, 6.07) is 3.79. The van der Waals surface area contributed by atoms with Crippen LogP contribution in [0.2, 0.25) is 0 Å². The highest BCUT2D eigenvalue weighted by atomic mass is 32.2. The summed E-state index contributed by atoms with van der Waals surface area (Å²) in [5.74, 6) is 1.41. The van der Waals surface area contributed by atoms with Crippen molar-refractivity contribution in [2.24, 2.45) is 0 Å². The Balaban J connectivity index is 1.90. The van der Waals surface area contributed by atoms with Crippen molar-refractivity contribution >= 4 is 21.8 Å². The van der Waals surface area contributed by atoms with E-state index >= 15 is 0 Å². The van der Waals surface area contributed by atoms with E-state index in [1.165, 1.54) is 18.9 Å². The Kier molecular flexibility index (Phi) is 4.71. The molecule has 7 heteroatoms. The van der Waals surface area contributed by atoms with Crippen LogP contribution in [-0.4, -0.2) is 33.0 Å². The van der Waals surface area contributed by atoms with Crippen LogP contribution >= 0.6 is 11.8 Å². The molecule has 102 valence electrons. The van der Waals surface area contributed by atoms with Crippen LogP contribution in [0.15, 0.2) is 21.6 Å². The van der Waals surface area contributed by atoms with Gasteiger partial charge < -0.3 is 9.73 Å². The molecule has 0 bridgehead atoms. The monoisotopic (exact) mass is 290 g/mol. The van der Waals surface area contributed by atoms with Gasteiger partial charge in [-0.2, -0.15) is 11.8 Å². The van der Waals surface area contributed by atoms with Crippen molar-refractivity contribution in [3.8, 4) is 0 Å². The van der Waals surface area contributed by atoms with Gasteiger partial charge in [0.15, 0.2) is 0 Å². The Labute approximate surface area is 112 Å². The molecule has 2 N–H and O–H groups in total. The molecule has 0 aromatic carbocycles. The molecular weight excluding hydrogens is 272 g/mol. The Morgan fingerprint density at radius 1 is 1.44 bits per heavy atom. The summed E-state index contributed by atoms with van der Waals surface area (Å²) in [5.41, 5.74) is 0. The van der Waals surface area contributed by atoms with Crippen molar-refractivity contribution < 1.29 is 12.8 Å². The van der Waals surface area contributed by atoms with Crippen molar-refractivity contribution in [1.82, 2.24) is 10.0 Å². The van der Waals surface area contributed by atoms with E-state index in [9.17, 15) is 8.42 Å². The maximum Gasteiger partial charge on any atom is 0.273 e. The molecule has 0 saturated heterocycles. The van der Waals surface area contributed by atoms with E-state index in [-0.39, 0.29) is 5.09 Å². The van der Waals surface area contributed by atoms with Gasteiger partial charge in [-0.05, 0) is 31.2 Å². The molecule has 0 amide bonds. The zero-order valence-corrected chi connectivity index (χ0v) is 11.9. The molecule has 1 fully saturated rings. The fourth-order valence-electron chi connectivity index (χ4n) is 1.48. The maximum atomic E-state index is 11.8. The molecule has 0 aliphatic heterocycles. The summed E-state index contributed by atoms with van der Waals surface area (Å²) in [5, 5.41) is 3.27. The first kappa shape index (κ1) is 13.9. The zero-order chi connectivity index (χ0) is 13.0. The van der Waals surface area contributed by atoms with E-state index in [1.54, 1.807) is 17.8 Å². The molecule has 1 saturated carbocycles. The summed E-state index contributed by atoms with van der Waals surface area (Å²) in [6.07, 6.45) is 4.33. The van der Waals surface area contributed by atoms with Crippen molar-refractivity contribution in [2.45, 2.75) is 30.5 Å². The Morgan fingerprint density at radius 3 is 2.89 bits per heavy atom. The predicted molar refractivity (Wildman–Crippen MR) is 72.1 cm³/mol. The molecule has 0 radical (unpaired) electrons. The molecule has 0 unspecified atom stereocenters.